The molecule has 0 saturated carbocycles. The van der Waals surface area contributed by atoms with E-state index in [-0.39, 0.29) is 11.1 Å². The molecule has 6 heteroatoms. The van der Waals surface area contributed by atoms with Crippen molar-refractivity contribution in [1.29, 1.82) is 21.0 Å². The van der Waals surface area contributed by atoms with Crippen LogP contribution >= 0.6 is 20.7 Å². The average molecular weight is 536 g/mol. The molecule has 3 aromatic rings. The van der Waals surface area contributed by atoms with E-state index in [0.29, 0.717) is 27.8 Å². The SMILES string of the molecule is C=Ic1ccc2c(c1)C(=C(C#N)C#N)c1cc3c(cc1-2)-c1ccc(F)cc1C3=C(C#N)C#N. The van der Waals surface area contributed by atoms with Gasteiger partial charge in [0.1, 0.15) is 41.2 Å². The van der Waals surface area contributed by atoms with Crippen LogP contribution in [-0.4, -0.2) is 4.51 Å². The van der Waals surface area contributed by atoms with E-state index in [1.54, 1.807) is 6.07 Å². The molecule has 5 rings (SSSR count). The Labute approximate surface area is 199 Å². The largest absolute Gasteiger partial charge is 0.207 e. The van der Waals surface area contributed by atoms with Gasteiger partial charge in [-0.05, 0) is 80.9 Å². The predicted octanol–water partition coefficient (Wildman–Crippen LogP) is 6.06. The van der Waals surface area contributed by atoms with Crippen LogP contribution in [0.5, 0.6) is 0 Å². The summed E-state index contributed by atoms with van der Waals surface area (Å²) >= 11 is -0.442. The smallest absolute Gasteiger partial charge is 0.138 e. The third-order valence-electron chi connectivity index (χ3n) is 5.88. The number of nitriles is 4. The van der Waals surface area contributed by atoms with Crippen LogP contribution in [0.4, 0.5) is 4.39 Å². The summed E-state index contributed by atoms with van der Waals surface area (Å²) in [6.07, 6.45) is 0. The lowest BCUT2D eigenvalue weighted by molar-refractivity contribution is 0.627. The molecular formula is C27H10FIN4. The fraction of sp³-hybridized carbons (Fsp3) is 0. The second kappa shape index (κ2) is 7.64. The lowest BCUT2D eigenvalue weighted by Gasteiger charge is -2.08. The van der Waals surface area contributed by atoms with Gasteiger partial charge in [0, 0.05) is 14.7 Å². The van der Waals surface area contributed by atoms with Crippen molar-refractivity contribution in [3.63, 3.8) is 0 Å². The number of hydrogen-bond donors (Lipinski definition) is 0. The summed E-state index contributed by atoms with van der Waals surface area (Å²) in [7, 11) is 0. The molecule has 33 heavy (non-hydrogen) atoms. The van der Waals surface area contributed by atoms with E-state index in [1.165, 1.54) is 12.1 Å². The van der Waals surface area contributed by atoms with Crippen molar-refractivity contribution in [2.45, 2.75) is 0 Å². The maximum Gasteiger partial charge on any atom is 0.138 e. The van der Waals surface area contributed by atoms with Crippen LogP contribution in [0.15, 0.2) is 59.7 Å². The van der Waals surface area contributed by atoms with E-state index < -0.39 is 26.5 Å². The molecule has 0 radical (unpaired) electrons. The van der Waals surface area contributed by atoms with E-state index in [9.17, 15) is 25.4 Å². The van der Waals surface area contributed by atoms with E-state index in [0.717, 1.165) is 31.4 Å². The number of halogens is 2. The van der Waals surface area contributed by atoms with Crippen molar-refractivity contribution in [2.75, 3.05) is 0 Å². The fourth-order valence-electron chi connectivity index (χ4n) is 4.56. The number of hydrogen-bond acceptors (Lipinski definition) is 4. The van der Waals surface area contributed by atoms with Crippen LogP contribution < -0.4 is 0 Å². The minimum atomic E-state index is -0.465. The van der Waals surface area contributed by atoms with Gasteiger partial charge in [-0.2, -0.15) is 21.0 Å². The molecule has 152 valence electrons. The van der Waals surface area contributed by atoms with Crippen LogP contribution in [-0.2, 0) is 0 Å². The van der Waals surface area contributed by atoms with E-state index >= 15 is 0 Å². The van der Waals surface area contributed by atoms with Gasteiger partial charge in [-0.15, -0.1) is 0 Å². The first-order valence-corrected chi connectivity index (χ1v) is 12.3. The zero-order valence-corrected chi connectivity index (χ0v) is 19.0. The first kappa shape index (κ1) is 20.5. The van der Waals surface area contributed by atoms with Gasteiger partial charge >= 0.3 is 0 Å². The van der Waals surface area contributed by atoms with E-state index in [1.807, 2.05) is 54.6 Å². The number of rotatable bonds is 1. The summed E-state index contributed by atoms with van der Waals surface area (Å²) in [5.74, 6) is -0.465. The van der Waals surface area contributed by atoms with Crippen LogP contribution in [0.25, 0.3) is 33.4 Å². The Bertz CT molecular complexity index is 1650. The molecule has 3 aromatic carbocycles. The van der Waals surface area contributed by atoms with Gasteiger partial charge < -0.3 is 0 Å². The molecule has 0 aromatic heterocycles. The molecule has 0 fully saturated rings. The number of benzene rings is 3. The minimum Gasteiger partial charge on any atom is -0.207 e. The Morgan fingerprint density at radius 1 is 0.606 bits per heavy atom. The zero-order valence-electron chi connectivity index (χ0n) is 16.9. The lowest BCUT2D eigenvalue weighted by Crippen LogP contribution is -1.92. The van der Waals surface area contributed by atoms with Crippen molar-refractivity contribution in [2.24, 2.45) is 0 Å². The van der Waals surface area contributed by atoms with Gasteiger partial charge in [0.05, 0.1) is 0 Å². The Kier molecular flexibility index (Phi) is 4.75. The standard InChI is InChI=1S/C27H10FIN4/c1-29-17-3-5-19-21-8-20-18-4-2-16(28)6-22(18)26(14(10-30)11-31)24(20)9-25(21)27(23(19)7-17)15(12-32)13-33/h2-9H,1H2. The van der Waals surface area contributed by atoms with Gasteiger partial charge in [-0.1, -0.05) is 37.4 Å². The van der Waals surface area contributed by atoms with Crippen molar-refractivity contribution in [1.82, 2.24) is 0 Å². The lowest BCUT2D eigenvalue weighted by atomic mass is 9.93. The van der Waals surface area contributed by atoms with Crippen molar-refractivity contribution >= 4 is 36.4 Å². The second-order valence-corrected chi connectivity index (χ2v) is 9.41. The Hall–Kier alpha value is -4.37. The molecule has 0 bridgehead atoms. The van der Waals surface area contributed by atoms with Crippen LogP contribution in [0, 0.1) is 54.7 Å². The quantitative estimate of drug-likeness (QED) is 0.192. The fourth-order valence-corrected chi connectivity index (χ4v) is 5.53. The number of nitrogens with zero attached hydrogens (tertiary/aromatic N) is 4. The molecule has 0 aliphatic heterocycles. The summed E-state index contributed by atoms with van der Waals surface area (Å²) in [6.45, 7) is 0. The minimum absolute atomic E-state index is 0.0118. The molecule has 4 nitrogen and oxygen atoms in total. The highest BCUT2D eigenvalue weighted by molar-refractivity contribution is 14.2. The summed E-state index contributed by atoms with van der Waals surface area (Å²) in [4.78, 5) is 0. The highest BCUT2D eigenvalue weighted by Gasteiger charge is 2.33. The van der Waals surface area contributed by atoms with Crippen molar-refractivity contribution in [3.05, 3.63) is 91.3 Å². The first-order valence-electron chi connectivity index (χ1n) is 9.67. The Morgan fingerprint density at radius 2 is 1.06 bits per heavy atom. The highest BCUT2D eigenvalue weighted by Crippen LogP contribution is 2.53. The van der Waals surface area contributed by atoms with E-state index in [2.05, 4.69) is 4.51 Å². The van der Waals surface area contributed by atoms with Crippen LogP contribution in [0.1, 0.15) is 22.3 Å². The third kappa shape index (κ3) is 2.86. The monoisotopic (exact) mass is 536 g/mol. The van der Waals surface area contributed by atoms with Gasteiger partial charge in [-0.25, -0.2) is 4.39 Å². The van der Waals surface area contributed by atoms with Crippen molar-refractivity contribution in [3.8, 4) is 46.5 Å². The second-order valence-electron chi connectivity index (χ2n) is 7.40. The molecule has 0 spiro atoms. The third-order valence-corrected chi connectivity index (χ3v) is 7.43. The molecule has 2 aliphatic carbocycles. The number of allylic oxidation sites excluding steroid dienone is 2. The summed E-state index contributed by atoms with van der Waals surface area (Å²) < 4.78 is 19.2. The van der Waals surface area contributed by atoms with Crippen LogP contribution in [0.2, 0.25) is 0 Å². The van der Waals surface area contributed by atoms with Gasteiger partial charge in [0.2, 0.25) is 0 Å². The maximum absolute atomic E-state index is 14.1. The molecule has 2 aliphatic rings. The summed E-state index contributed by atoms with van der Waals surface area (Å²) in [5, 5.41) is 38.5. The maximum atomic E-state index is 14.1. The Balaban J connectivity index is 1.94. The molecule has 0 N–H and O–H groups in total. The summed E-state index contributed by atoms with van der Waals surface area (Å²) in [6, 6.07) is 21.9. The normalized spacial score (nSPS) is 11.8. The molecule has 0 atom stereocenters. The van der Waals surface area contributed by atoms with Gasteiger partial charge in [0.25, 0.3) is 0 Å². The molecule has 0 unspecified atom stereocenters. The molecule has 0 saturated heterocycles. The van der Waals surface area contributed by atoms with Crippen LogP contribution in [0.3, 0.4) is 0 Å². The predicted molar refractivity (Wildman–Crippen MR) is 132 cm³/mol. The first-order chi connectivity index (χ1) is 16.1. The molecule has 0 amide bonds. The molecular weight excluding hydrogens is 526 g/mol. The number of fused-ring (bicyclic) bond motifs is 6. The summed E-state index contributed by atoms with van der Waals surface area (Å²) in [5.41, 5.74) is 6.59. The van der Waals surface area contributed by atoms with E-state index in [4.69, 9.17) is 0 Å². The van der Waals surface area contributed by atoms with Gasteiger partial charge in [-0.3, -0.25) is 0 Å². The highest BCUT2D eigenvalue weighted by atomic mass is 127. The Morgan fingerprint density at radius 3 is 1.58 bits per heavy atom. The van der Waals surface area contributed by atoms with Gasteiger partial charge in [0.15, 0.2) is 0 Å². The van der Waals surface area contributed by atoms with Crippen molar-refractivity contribution < 1.29 is 4.39 Å². The zero-order chi connectivity index (χ0) is 23.3. The molecule has 0 heterocycles. The average Bonchev–Trinajstić information content (AvgIpc) is 3.31. The topological polar surface area (TPSA) is 95.2 Å².